The predicted molar refractivity (Wildman–Crippen MR) is 125 cm³/mol. The Kier molecular flexibility index (Phi) is 7.09. The first-order valence-corrected chi connectivity index (χ1v) is 11.2. The Bertz CT molecular complexity index is 1210. The van der Waals surface area contributed by atoms with Gasteiger partial charge >= 0.3 is 5.97 Å². The van der Waals surface area contributed by atoms with Crippen molar-refractivity contribution in [3.8, 4) is 34.3 Å². The van der Waals surface area contributed by atoms with Crippen molar-refractivity contribution in [3.05, 3.63) is 53.4 Å². The zero-order valence-corrected chi connectivity index (χ0v) is 19.2. The van der Waals surface area contributed by atoms with Crippen LogP contribution in [0.5, 0.6) is 11.5 Å². The van der Waals surface area contributed by atoms with Crippen LogP contribution in [0, 0.1) is 6.57 Å². The van der Waals surface area contributed by atoms with Gasteiger partial charge in [0.2, 0.25) is 11.5 Å². The van der Waals surface area contributed by atoms with E-state index in [1.807, 2.05) is 32.0 Å². The molecule has 34 heavy (non-hydrogen) atoms. The Balaban J connectivity index is 1.54. The molecular weight excluding hydrogens is 436 g/mol. The Labute approximate surface area is 197 Å². The van der Waals surface area contributed by atoms with Crippen LogP contribution in [-0.4, -0.2) is 51.9 Å². The number of carbonyl (C=O) groups is 1. The second-order valence-corrected chi connectivity index (χ2v) is 8.33. The van der Waals surface area contributed by atoms with Crippen LogP contribution in [0.4, 0.5) is 5.69 Å². The van der Waals surface area contributed by atoms with E-state index in [0.717, 1.165) is 23.4 Å². The van der Waals surface area contributed by atoms with Crippen molar-refractivity contribution in [1.29, 1.82) is 0 Å². The molecule has 0 unspecified atom stereocenters. The molecule has 9 nitrogen and oxygen atoms in total. The summed E-state index contributed by atoms with van der Waals surface area (Å²) >= 11 is 0. The van der Waals surface area contributed by atoms with Crippen LogP contribution in [0.25, 0.3) is 27.7 Å². The molecule has 0 saturated carbocycles. The molecular formula is C25H26N4O5. The van der Waals surface area contributed by atoms with Gasteiger partial charge in [-0.15, -0.1) is 0 Å². The Morgan fingerprint density at radius 2 is 2.09 bits per heavy atom. The maximum atomic E-state index is 10.8. The van der Waals surface area contributed by atoms with E-state index >= 15 is 0 Å². The zero-order chi connectivity index (χ0) is 24.1. The van der Waals surface area contributed by atoms with E-state index in [4.69, 9.17) is 25.7 Å². The van der Waals surface area contributed by atoms with Gasteiger partial charge in [0, 0.05) is 36.2 Å². The minimum Gasteiger partial charge on any atom is -0.502 e. The molecule has 0 amide bonds. The lowest BCUT2D eigenvalue weighted by molar-refractivity contribution is -0.137. The van der Waals surface area contributed by atoms with Crippen LogP contribution in [-0.2, 0) is 11.3 Å². The van der Waals surface area contributed by atoms with Gasteiger partial charge in [-0.1, -0.05) is 5.16 Å². The Morgan fingerprint density at radius 1 is 1.26 bits per heavy atom. The van der Waals surface area contributed by atoms with Gasteiger partial charge in [-0.05, 0) is 63.2 Å². The van der Waals surface area contributed by atoms with Crippen molar-refractivity contribution < 1.29 is 23.9 Å². The van der Waals surface area contributed by atoms with Crippen molar-refractivity contribution in [2.75, 3.05) is 19.7 Å². The normalized spacial score (nSPS) is 13.6. The fraction of sp³-hybridized carbons (Fsp3) is 0.360. The highest BCUT2D eigenvalue weighted by Gasteiger charge is 2.19. The highest BCUT2D eigenvalue weighted by atomic mass is 16.5. The molecule has 0 saturated heterocycles. The number of rotatable bonds is 8. The number of aromatic nitrogens is 2. The quantitative estimate of drug-likeness (QED) is 0.476. The molecule has 1 N–H and O–H groups in total. The summed E-state index contributed by atoms with van der Waals surface area (Å²) in [5, 5.41) is 13.0. The molecule has 2 heterocycles. The summed E-state index contributed by atoms with van der Waals surface area (Å²) in [6.45, 7) is 13.9. The number of hydrogen-bond donors (Lipinski definition) is 1. The summed E-state index contributed by atoms with van der Waals surface area (Å²) in [7, 11) is 0. The number of benzene rings is 2. The van der Waals surface area contributed by atoms with E-state index in [9.17, 15) is 4.79 Å². The Morgan fingerprint density at radius 3 is 2.85 bits per heavy atom. The lowest BCUT2D eigenvalue weighted by Gasteiger charge is -2.18. The molecule has 2 aromatic carbocycles. The van der Waals surface area contributed by atoms with Crippen molar-refractivity contribution >= 4 is 11.7 Å². The van der Waals surface area contributed by atoms with Crippen LogP contribution in [0.15, 0.2) is 40.9 Å². The molecule has 4 rings (SSSR count). The van der Waals surface area contributed by atoms with E-state index in [-0.39, 0.29) is 12.5 Å². The predicted octanol–water partition coefficient (Wildman–Crippen LogP) is 4.80. The number of fused-ring (bicyclic) bond motifs is 1. The molecule has 0 bridgehead atoms. The molecule has 1 aromatic heterocycles. The molecule has 3 aromatic rings. The van der Waals surface area contributed by atoms with Crippen LogP contribution >= 0.6 is 0 Å². The number of aliphatic carboxylic acids is 1. The maximum absolute atomic E-state index is 10.8. The average molecular weight is 463 g/mol. The van der Waals surface area contributed by atoms with Gasteiger partial charge in [0.25, 0.3) is 5.89 Å². The van der Waals surface area contributed by atoms with Crippen LogP contribution < -0.4 is 9.47 Å². The molecule has 176 valence electrons. The summed E-state index contributed by atoms with van der Waals surface area (Å²) in [6, 6.07) is 11.0. The number of hydrogen-bond acceptors (Lipinski definition) is 7. The second-order valence-electron chi connectivity index (χ2n) is 8.33. The fourth-order valence-electron chi connectivity index (χ4n) is 3.78. The van der Waals surface area contributed by atoms with Gasteiger partial charge in [-0.3, -0.25) is 9.69 Å². The van der Waals surface area contributed by atoms with Crippen molar-refractivity contribution in [1.82, 2.24) is 15.0 Å². The first-order valence-electron chi connectivity index (χ1n) is 11.2. The van der Waals surface area contributed by atoms with Gasteiger partial charge in [0.05, 0.1) is 12.7 Å². The fourth-order valence-corrected chi connectivity index (χ4v) is 3.78. The highest BCUT2D eigenvalue weighted by molar-refractivity contribution is 5.69. The maximum Gasteiger partial charge on any atom is 0.303 e. The van der Waals surface area contributed by atoms with Crippen LogP contribution in [0.3, 0.4) is 0 Å². The van der Waals surface area contributed by atoms with Crippen LogP contribution in [0.2, 0.25) is 0 Å². The number of nitrogens with zero attached hydrogens (tertiary/aromatic N) is 4. The summed E-state index contributed by atoms with van der Waals surface area (Å²) < 4.78 is 17.0. The van der Waals surface area contributed by atoms with Crippen LogP contribution in [0.1, 0.15) is 32.3 Å². The number of carboxylic acids is 1. The molecule has 0 radical (unpaired) electrons. The summed E-state index contributed by atoms with van der Waals surface area (Å²) in [4.78, 5) is 21.1. The Hall–Kier alpha value is -3.90. The van der Waals surface area contributed by atoms with Gasteiger partial charge < -0.3 is 19.1 Å². The summed E-state index contributed by atoms with van der Waals surface area (Å²) in [5.41, 5.74) is 2.80. The average Bonchev–Trinajstić information content (AvgIpc) is 3.21. The smallest absolute Gasteiger partial charge is 0.303 e. The third kappa shape index (κ3) is 5.53. The van der Waals surface area contributed by atoms with Crippen molar-refractivity contribution in [3.63, 3.8) is 0 Å². The molecule has 1 aliphatic heterocycles. The third-order valence-corrected chi connectivity index (χ3v) is 5.36. The van der Waals surface area contributed by atoms with Crippen molar-refractivity contribution in [2.24, 2.45) is 0 Å². The standard InChI is InChI=1S/C25H26N4O5/c1-16(2)33-22-9-7-18(14-20(22)26-3)25-27-24(28-34-25)17-6-8-21-19(13-17)15-29(11-12-32-21)10-4-5-23(30)31/h6-9,13-14,16H,4-5,10-12,15H2,1-2H3,(H,30,31). The topological polar surface area (TPSA) is 102 Å². The second kappa shape index (κ2) is 10.4. The monoisotopic (exact) mass is 462 g/mol. The SMILES string of the molecule is [C-]#[N+]c1cc(-c2nc(-c3ccc4c(c3)CN(CCCC(=O)O)CCO4)no2)ccc1OC(C)C. The van der Waals surface area contributed by atoms with E-state index in [2.05, 4.69) is 19.9 Å². The number of ether oxygens (including phenoxy) is 2. The minimum absolute atomic E-state index is 0.0355. The largest absolute Gasteiger partial charge is 0.502 e. The van der Waals surface area contributed by atoms with Crippen molar-refractivity contribution in [2.45, 2.75) is 39.3 Å². The molecule has 0 fully saturated rings. The van der Waals surface area contributed by atoms with Gasteiger partial charge in [0.1, 0.15) is 18.1 Å². The first-order chi connectivity index (χ1) is 16.4. The van der Waals surface area contributed by atoms with E-state index in [1.54, 1.807) is 18.2 Å². The lowest BCUT2D eigenvalue weighted by Crippen LogP contribution is -2.27. The molecule has 0 aliphatic carbocycles. The lowest BCUT2D eigenvalue weighted by atomic mass is 10.1. The molecule has 0 spiro atoms. The summed E-state index contributed by atoms with van der Waals surface area (Å²) in [6.07, 6.45) is 0.702. The van der Waals surface area contributed by atoms with E-state index in [0.29, 0.717) is 54.8 Å². The highest BCUT2D eigenvalue weighted by Crippen LogP contribution is 2.34. The molecule has 9 heteroatoms. The van der Waals surface area contributed by atoms with E-state index in [1.165, 1.54) is 0 Å². The van der Waals surface area contributed by atoms with Gasteiger partial charge in [-0.25, -0.2) is 4.85 Å². The third-order valence-electron chi connectivity index (χ3n) is 5.36. The molecule has 1 aliphatic rings. The van der Waals surface area contributed by atoms with Gasteiger partial charge in [0.15, 0.2) is 0 Å². The van der Waals surface area contributed by atoms with E-state index < -0.39 is 5.97 Å². The summed E-state index contributed by atoms with van der Waals surface area (Å²) in [5.74, 6) is 1.29. The number of carboxylic acid groups (broad SMARTS) is 1. The van der Waals surface area contributed by atoms with Gasteiger partial charge in [-0.2, -0.15) is 4.98 Å². The zero-order valence-electron chi connectivity index (χ0n) is 19.2. The first kappa shape index (κ1) is 23.3. The molecule has 0 atom stereocenters. The minimum atomic E-state index is -0.785.